The maximum Gasteiger partial charge on any atom is 0.408 e. The SMILES string of the molecule is C=C1C[C@@](NC(=O)OCC2c3ccccc3-c3ccccc32)(C(=O)O)[C@H]2[C@@H]1[C@@H]2C(=O)O. The van der Waals surface area contributed by atoms with Gasteiger partial charge in [-0.1, -0.05) is 60.7 Å². The number of hydrogen-bond donors (Lipinski definition) is 3. The van der Waals surface area contributed by atoms with Crippen LogP contribution in [0.2, 0.25) is 0 Å². The number of amides is 1. The van der Waals surface area contributed by atoms with Gasteiger partial charge in [-0.05, 0) is 28.2 Å². The van der Waals surface area contributed by atoms with E-state index in [0.29, 0.717) is 5.57 Å². The van der Waals surface area contributed by atoms with E-state index in [1.165, 1.54) is 0 Å². The Morgan fingerprint density at radius 3 is 2.13 bits per heavy atom. The molecule has 7 heteroatoms. The molecule has 5 rings (SSSR count). The quantitative estimate of drug-likeness (QED) is 0.641. The third kappa shape index (κ3) is 2.76. The second-order valence-electron chi connectivity index (χ2n) is 8.48. The summed E-state index contributed by atoms with van der Waals surface area (Å²) in [5.74, 6) is -4.48. The molecule has 0 saturated heterocycles. The van der Waals surface area contributed by atoms with Gasteiger partial charge in [0.2, 0.25) is 0 Å². The van der Waals surface area contributed by atoms with Crippen molar-refractivity contribution in [3.8, 4) is 11.1 Å². The summed E-state index contributed by atoms with van der Waals surface area (Å²) in [6.07, 6.45) is -0.861. The predicted octanol–water partition coefficient (Wildman–Crippen LogP) is 3.26. The van der Waals surface area contributed by atoms with Crippen molar-refractivity contribution in [3.05, 3.63) is 71.8 Å². The molecule has 31 heavy (non-hydrogen) atoms. The lowest BCUT2D eigenvalue weighted by molar-refractivity contribution is -0.146. The van der Waals surface area contributed by atoms with Gasteiger partial charge in [0, 0.05) is 18.3 Å². The topological polar surface area (TPSA) is 113 Å². The summed E-state index contributed by atoms with van der Waals surface area (Å²) in [7, 11) is 0. The van der Waals surface area contributed by atoms with Crippen molar-refractivity contribution in [1.82, 2.24) is 5.32 Å². The lowest BCUT2D eigenvalue weighted by Crippen LogP contribution is -2.56. The van der Waals surface area contributed by atoms with Crippen LogP contribution < -0.4 is 5.32 Å². The highest BCUT2D eigenvalue weighted by atomic mass is 16.5. The van der Waals surface area contributed by atoms with Crippen LogP contribution in [-0.4, -0.2) is 40.4 Å². The minimum Gasteiger partial charge on any atom is -0.481 e. The van der Waals surface area contributed by atoms with Gasteiger partial charge in [-0.3, -0.25) is 4.79 Å². The summed E-state index contributed by atoms with van der Waals surface area (Å²) in [5, 5.41) is 21.7. The molecule has 4 atom stereocenters. The number of carbonyl (C=O) groups excluding carboxylic acids is 1. The molecule has 3 aliphatic rings. The first-order valence-electron chi connectivity index (χ1n) is 10.1. The fourth-order valence-corrected chi connectivity index (χ4v) is 5.55. The second-order valence-corrected chi connectivity index (χ2v) is 8.48. The molecule has 2 aromatic carbocycles. The number of nitrogens with one attached hydrogen (secondary N) is 1. The Labute approximate surface area is 178 Å². The molecule has 2 saturated carbocycles. The molecule has 0 heterocycles. The van der Waals surface area contributed by atoms with Crippen LogP contribution in [0, 0.1) is 17.8 Å². The summed E-state index contributed by atoms with van der Waals surface area (Å²) in [5.41, 5.74) is 3.11. The normalized spacial score (nSPS) is 27.7. The zero-order valence-electron chi connectivity index (χ0n) is 16.6. The molecule has 3 aliphatic carbocycles. The fourth-order valence-electron chi connectivity index (χ4n) is 5.55. The number of rotatable bonds is 5. The van der Waals surface area contributed by atoms with E-state index < -0.39 is 41.3 Å². The largest absolute Gasteiger partial charge is 0.481 e. The molecule has 0 spiro atoms. The van der Waals surface area contributed by atoms with Crippen LogP contribution in [0.15, 0.2) is 60.7 Å². The first-order valence-corrected chi connectivity index (χ1v) is 10.1. The highest BCUT2D eigenvalue weighted by Crippen LogP contribution is 2.64. The molecule has 7 nitrogen and oxygen atoms in total. The zero-order chi connectivity index (χ0) is 21.9. The van der Waals surface area contributed by atoms with Gasteiger partial charge in [0.1, 0.15) is 12.1 Å². The molecule has 0 unspecified atom stereocenters. The van der Waals surface area contributed by atoms with Crippen molar-refractivity contribution in [1.29, 1.82) is 0 Å². The lowest BCUT2D eigenvalue weighted by atomic mass is 9.89. The van der Waals surface area contributed by atoms with Crippen LogP contribution >= 0.6 is 0 Å². The van der Waals surface area contributed by atoms with Crippen molar-refractivity contribution in [2.45, 2.75) is 17.9 Å². The zero-order valence-corrected chi connectivity index (χ0v) is 16.6. The number of carbonyl (C=O) groups is 3. The third-order valence-corrected chi connectivity index (χ3v) is 6.90. The van der Waals surface area contributed by atoms with Crippen LogP contribution in [0.5, 0.6) is 0 Å². The average molecular weight is 419 g/mol. The van der Waals surface area contributed by atoms with E-state index >= 15 is 0 Å². The van der Waals surface area contributed by atoms with E-state index in [-0.39, 0.29) is 18.9 Å². The Kier molecular flexibility index (Phi) is 4.18. The highest BCUT2D eigenvalue weighted by Gasteiger charge is 2.73. The Morgan fingerprint density at radius 2 is 1.61 bits per heavy atom. The van der Waals surface area contributed by atoms with Gasteiger partial charge < -0.3 is 20.3 Å². The van der Waals surface area contributed by atoms with Gasteiger partial charge in [-0.15, -0.1) is 0 Å². The minimum absolute atomic E-state index is 0.00560. The third-order valence-electron chi connectivity index (χ3n) is 6.90. The van der Waals surface area contributed by atoms with E-state index in [0.717, 1.165) is 22.3 Å². The van der Waals surface area contributed by atoms with Gasteiger partial charge in [-0.25, -0.2) is 9.59 Å². The number of hydrogen-bond acceptors (Lipinski definition) is 4. The van der Waals surface area contributed by atoms with E-state index in [4.69, 9.17) is 4.74 Å². The number of aliphatic carboxylic acids is 2. The Balaban J connectivity index is 1.34. The first kappa shape index (κ1) is 19.4. The van der Waals surface area contributed by atoms with Gasteiger partial charge in [0.25, 0.3) is 0 Å². The highest BCUT2D eigenvalue weighted by molar-refractivity contribution is 5.90. The monoisotopic (exact) mass is 419 g/mol. The van der Waals surface area contributed by atoms with E-state index in [1.54, 1.807) is 0 Å². The Bertz CT molecular complexity index is 1090. The molecule has 0 bridgehead atoms. The van der Waals surface area contributed by atoms with Gasteiger partial charge in [0.15, 0.2) is 0 Å². The summed E-state index contributed by atoms with van der Waals surface area (Å²) in [6.45, 7) is 3.88. The number of benzene rings is 2. The molecular weight excluding hydrogens is 398 g/mol. The van der Waals surface area contributed by atoms with E-state index in [9.17, 15) is 24.6 Å². The van der Waals surface area contributed by atoms with Gasteiger partial charge >= 0.3 is 18.0 Å². The standard InChI is InChI=1S/C24H21NO6/c1-12-10-24(22(28)29,20-18(12)19(20)21(26)27)25-23(30)31-11-17-15-8-4-2-6-13(15)14-7-3-5-9-16(14)17/h2-9,17-20H,1,10-11H2,(H,25,30)(H,26,27)(H,28,29)/t18-,19-,20-,24-/m0/s1. The van der Waals surface area contributed by atoms with Gasteiger partial charge in [0.05, 0.1) is 5.92 Å². The molecule has 158 valence electrons. The first-order chi connectivity index (χ1) is 14.8. The molecule has 0 aliphatic heterocycles. The number of carboxylic acid groups (broad SMARTS) is 2. The Morgan fingerprint density at radius 1 is 1.03 bits per heavy atom. The average Bonchev–Trinajstić information content (AvgIpc) is 3.35. The molecule has 0 radical (unpaired) electrons. The van der Waals surface area contributed by atoms with E-state index in [1.807, 2.05) is 48.5 Å². The summed E-state index contributed by atoms with van der Waals surface area (Å²) in [4.78, 5) is 36.2. The summed E-state index contributed by atoms with van der Waals surface area (Å²) in [6, 6.07) is 15.8. The Hall–Kier alpha value is -3.61. The van der Waals surface area contributed by atoms with Crippen molar-refractivity contribution in [2.24, 2.45) is 17.8 Å². The summed E-state index contributed by atoms with van der Waals surface area (Å²) >= 11 is 0. The van der Waals surface area contributed by atoms with Crippen LogP contribution in [0.4, 0.5) is 4.79 Å². The van der Waals surface area contributed by atoms with Crippen LogP contribution in [-0.2, 0) is 14.3 Å². The maximum absolute atomic E-state index is 12.7. The van der Waals surface area contributed by atoms with Crippen LogP contribution in [0.3, 0.4) is 0 Å². The molecule has 2 aromatic rings. The van der Waals surface area contributed by atoms with Crippen molar-refractivity contribution >= 4 is 18.0 Å². The van der Waals surface area contributed by atoms with Gasteiger partial charge in [-0.2, -0.15) is 0 Å². The molecule has 3 N–H and O–H groups in total. The second kappa shape index (κ2) is 6.70. The van der Waals surface area contributed by atoms with Crippen LogP contribution in [0.25, 0.3) is 11.1 Å². The minimum atomic E-state index is -1.70. The van der Waals surface area contributed by atoms with Crippen molar-refractivity contribution in [3.63, 3.8) is 0 Å². The number of ether oxygens (including phenoxy) is 1. The molecule has 0 aromatic heterocycles. The fraction of sp³-hybridized carbons (Fsp3) is 0.292. The van der Waals surface area contributed by atoms with E-state index in [2.05, 4.69) is 11.9 Å². The van der Waals surface area contributed by atoms with Crippen LogP contribution in [0.1, 0.15) is 23.5 Å². The number of fused-ring (bicyclic) bond motifs is 4. The number of alkyl carbamates (subject to hydrolysis) is 1. The molecular formula is C24H21NO6. The van der Waals surface area contributed by atoms with Crippen molar-refractivity contribution < 1.29 is 29.3 Å². The van der Waals surface area contributed by atoms with Crippen molar-refractivity contribution in [2.75, 3.05) is 6.61 Å². The lowest BCUT2D eigenvalue weighted by Gasteiger charge is -2.28. The predicted molar refractivity (Wildman–Crippen MR) is 110 cm³/mol. The molecule has 1 amide bonds. The smallest absolute Gasteiger partial charge is 0.408 e. The number of carboxylic acids is 2. The summed E-state index contributed by atoms with van der Waals surface area (Å²) < 4.78 is 5.48. The molecule has 2 fully saturated rings. The maximum atomic E-state index is 12.7.